The van der Waals surface area contributed by atoms with Crippen LogP contribution in [-0.4, -0.2) is 47.4 Å². The van der Waals surface area contributed by atoms with Gasteiger partial charge in [-0.1, -0.05) is 352 Å². The Hall–Kier alpha value is -1.92. The Kier molecular flexibility index (Phi) is 69.9. The molecule has 0 radical (unpaired) electrons. The van der Waals surface area contributed by atoms with Gasteiger partial charge in [0.25, 0.3) is 0 Å². The summed E-state index contributed by atoms with van der Waals surface area (Å²) in [7, 11) is 0. The third-order valence-corrected chi connectivity index (χ3v) is 17.4. The number of aliphatic hydroxyl groups is 2. The Morgan fingerprint density at radius 2 is 0.573 bits per heavy atom. The van der Waals surface area contributed by atoms with E-state index in [0.29, 0.717) is 19.4 Å². The fraction of sp³-hybridized carbons (Fsp3) is 0.895. The zero-order valence-corrected chi connectivity index (χ0v) is 55.5. The molecule has 0 aromatic rings. The Morgan fingerprint density at radius 3 is 0.866 bits per heavy atom. The maximum absolute atomic E-state index is 12.5. The van der Waals surface area contributed by atoms with Gasteiger partial charge in [0.15, 0.2) is 0 Å². The quantitative estimate of drug-likeness (QED) is 0.0320. The van der Waals surface area contributed by atoms with E-state index in [4.69, 9.17) is 4.74 Å². The van der Waals surface area contributed by atoms with Crippen LogP contribution in [0.4, 0.5) is 0 Å². The molecule has 0 saturated carbocycles. The first-order chi connectivity index (χ1) is 40.5. The third-order valence-electron chi connectivity index (χ3n) is 17.4. The van der Waals surface area contributed by atoms with Gasteiger partial charge in [-0.3, -0.25) is 9.59 Å². The molecule has 0 aliphatic heterocycles. The molecule has 82 heavy (non-hydrogen) atoms. The maximum Gasteiger partial charge on any atom is 0.305 e. The summed E-state index contributed by atoms with van der Waals surface area (Å²) in [6.45, 7) is 4.93. The van der Waals surface area contributed by atoms with Crippen molar-refractivity contribution in [3.63, 3.8) is 0 Å². The zero-order chi connectivity index (χ0) is 59.2. The van der Waals surface area contributed by atoms with Crippen LogP contribution in [0, 0.1) is 0 Å². The number of allylic oxidation sites excluding steroid dienone is 5. The van der Waals surface area contributed by atoms with E-state index in [1.807, 2.05) is 6.08 Å². The van der Waals surface area contributed by atoms with E-state index in [0.717, 1.165) is 44.9 Å². The predicted molar refractivity (Wildman–Crippen MR) is 361 cm³/mol. The van der Waals surface area contributed by atoms with E-state index in [9.17, 15) is 19.8 Å². The summed E-state index contributed by atoms with van der Waals surface area (Å²) in [5.74, 6) is -0.0513. The molecule has 0 rings (SSSR count). The molecule has 0 aliphatic rings. The van der Waals surface area contributed by atoms with Gasteiger partial charge < -0.3 is 20.3 Å². The Labute approximate surface area is 513 Å². The molecule has 0 saturated heterocycles. The van der Waals surface area contributed by atoms with Gasteiger partial charge >= 0.3 is 5.97 Å². The Balaban J connectivity index is 3.37. The number of aliphatic hydroxyl groups excluding tert-OH is 2. The van der Waals surface area contributed by atoms with Crippen LogP contribution < -0.4 is 5.32 Å². The Bertz CT molecular complexity index is 1330. The lowest BCUT2D eigenvalue weighted by Crippen LogP contribution is -2.45. The van der Waals surface area contributed by atoms with Gasteiger partial charge in [-0.2, -0.15) is 0 Å². The monoisotopic (exact) mass is 1150 g/mol. The summed E-state index contributed by atoms with van der Waals surface area (Å²) in [4.78, 5) is 24.6. The predicted octanol–water partition coefficient (Wildman–Crippen LogP) is 24.3. The SMILES string of the molecule is CCCCCCCCC/C=C\CCCCCCCC(=O)OCCCCCCCCCCCCCC/C=C\CCCCCCCCCCCCCCCCCCC(=O)NC(CO)C(O)/C=C/CCCCCCCCCCCCCCCCC. The molecule has 0 bridgehead atoms. The molecule has 6 nitrogen and oxygen atoms in total. The van der Waals surface area contributed by atoms with Crippen LogP contribution in [0.15, 0.2) is 36.5 Å². The summed E-state index contributed by atoms with van der Waals surface area (Å²) in [6, 6.07) is -0.626. The molecule has 2 atom stereocenters. The highest BCUT2D eigenvalue weighted by Crippen LogP contribution is 2.19. The van der Waals surface area contributed by atoms with Crippen LogP contribution in [-0.2, 0) is 14.3 Å². The average Bonchev–Trinajstić information content (AvgIpc) is 3.48. The van der Waals surface area contributed by atoms with Gasteiger partial charge in [-0.15, -0.1) is 0 Å². The van der Waals surface area contributed by atoms with E-state index in [2.05, 4.69) is 43.5 Å². The highest BCUT2D eigenvalue weighted by molar-refractivity contribution is 5.76. The molecule has 0 aromatic carbocycles. The molecule has 0 aliphatic carbocycles. The zero-order valence-electron chi connectivity index (χ0n) is 55.5. The van der Waals surface area contributed by atoms with E-state index < -0.39 is 12.1 Å². The van der Waals surface area contributed by atoms with Gasteiger partial charge in [0.1, 0.15) is 0 Å². The molecule has 484 valence electrons. The minimum absolute atomic E-state index is 0.0111. The third kappa shape index (κ3) is 67.2. The summed E-state index contributed by atoms with van der Waals surface area (Å²) in [6.07, 6.45) is 92.4. The lowest BCUT2D eigenvalue weighted by molar-refractivity contribution is -0.143. The minimum atomic E-state index is -0.843. The number of rotatable bonds is 70. The largest absolute Gasteiger partial charge is 0.466 e. The fourth-order valence-corrected chi connectivity index (χ4v) is 11.7. The molecule has 2 unspecified atom stereocenters. The van der Waals surface area contributed by atoms with Crippen LogP contribution in [0.5, 0.6) is 0 Å². The molecule has 0 fully saturated rings. The molecule has 3 N–H and O–H groups in total. The molecular weight excluding hydrogens is 1010 g/mol. The molecule has 0 aromatic heterocycles. The normalized spacial score (nSPS) is 12.7. The molecular formula is C76H145NO5. The van der Waals surface area contributed by atoms with Crippen LogP contribution in [0.25, 0.3) is 0 Å². The van der Waals surface area contributed by atoms with Crippen molar-refractivity contribution in [2.75, 3.05) is 13.2 Å². The second kappa shape index (κ2) is 71.6. The van der Waals surface area contributed by atoms with Crippen molar-refractivity contribution < 1.29 is 24.5 Å². The number of nitrogens with one attached hydrogen (secondary N) is 1. The summed E-state index contributed by atoms with van der Waals surface area (Å²) < 4.78 is 5.50. The van der Waals surface area contributed by atoms with Crippen molar-refractivity contribution in [2.24, 2.45) is 0 Å². The standard InChI is InChI=1S/C76H145NO5/c1-3-5-7-9-11-13-15-17-19-37-40-44-48-52-56-60-64-68-74(79)73(72-78)77-75(80)69-65-61-57-53-49-45-41-38-35-33-31-29-27-25-23-21-22-24-26-28-30-32-34-36-39-43-47-51-55-59-63-67-71-82-76(81)70-66-62-58-54-50-46-42-20-18-16-14-12-10-8-6-4-2/h20,24,26,42,64,68,73-74,78-79H,3-19,21-23,25,27-41,43-63,65-67,69-72H2,1-2H3,(H,77,80)/b26-24-,42-20-,68-64+. The maximum atomic E-state index is 12.5. The number of hydrogen-bond acceptors (Lipinski definition) is 5. The van der Waals surface area contributed by atoms with Gasteiger partial charge in [0, 0.05) is 12.8 Å². The lowest BCUT2D eigenvalue weighted by atomic mass is 10.0. The summed E-state index contributed by atoms with van der Waals surface area (Å²) in [5, 5.41) is 23.2. The van der Waals surface area contributed by atoms with Gasteiger partial charge in [0.05, 0.1) is 25.4 Å². The fourth-order valence-electron chi connectivity index (χ4n) is 11.7. The van der Waals surface area contributed by atoms with Crippen molar-refractivity contribution >= 4 is 11.9 Å². The van der Waals surface area contributed by atoms with Crippen LogP contribution >= 0.6 is 0 Å². The second-order valence-corrected chi connectivity index (χ2v) is 25.6. The van der Waals surface area contributed by atoms with Crippen molar-refractivity contribution in [1.82, 2.24) is 5.32 Å². The average molecular weight is 1150 g/mol. The van der Waals surface area contributed by atoms with Crippen molar-refractivity contribution in [1.29, 1.82) is 0 Å². The molecule has 0 heterocycles. The number of hydrogen-bond donors (Lipinski definition) is 3. The van der Waals surface area contributed by atoms with Crippen molar-refractivity contribution in [3.8, 4) is 0 Å². The van der Waals surface area contributed by atoms with Crippen molar-refractivity contribution in [3.05, 3.63) is 36.5 Å². The van der Waals surface area contributed by atoms with Gasteiger partial charge in [-0.05, 0) is 83.5 Å². The highest BCUT2D eigenvalue weighted by Gasteiger charge is 2.18. The van der Waals surface area contributed by atoms with Crippen LogP contribution in [0.2, 0.25) is 0 Å². The smallest absolute Gasteiger partial charge is 0.305 e. The van der Waals surface area contributed by atoms with Crippen LogP contribution in [0.1, 0.15) is 412 Å². The number of amides is 1. The number of carbonyl (C=O) groups is 2. The molecule has 0 spiro atoms. The number of unbranched alkanes of at least 4 members (excludes halogenated alkanes) is 55. The van der Waals surface area contributed by atoms with E-state index in [-0.39, 0.29) is 18.5 Å². The van der Waals surface area contributed by atoms with E-state index in [1.165, 1.54) is 340 Å². The number of ether oxygens (including phenoxy) is 1. The first-order valence-corrected chi connectivity index (χ1v) is 37.3. The van der Waals surface area contributed by atoms with Gasteiger partial charge in [0.2, 0.25) is 5.91 Å². The lowest BCUT2D eigenvalue weighted by Gasteiger charge is -2.20. The van der Waals surface area contributed by atoms with Crippen molar-refractivity contribution in [2.45, 2.75) is 424 Å². The first kappa shape index (κ1) is 80.1. The molecule has 6 heteroatoms. The van der Waals surface area contributed by atoms with Crippen LogP contribution in [0.3, 0.4) is 0 Å². The first-order valence-electron chi connectivity index (χ1n) is 37.3. The number of esters is 1. The summed E-state index contributed by atoms with van der Waals surface area (Å²) >= 11 is 0. The topological polar surface area (TPSA) is 95.9 Å². The van der Waals surface area contributed by atoms with E-state index >= 15 is 0 Å². The molecule has 1 amide bonds. The number of carbonyl (C=O) groups excluding carboxylic acids is 2. The highest BCUT2D eigenvalue weighted by atomic mass is 16.5. The van der Waals surface area contributed by atoms with E-state index in [1.54, 1.807) is 6.08 Å². The minimum Gasteiger partial charge on any atom is -0.466 e. The second-order valence-electron chi connectivity index (χ2n) is 25.6. The van der Waals surface area contributed by atoms with Gasteiger partial charge in [-0.25, -0.2) is 0 Å². The Morgan fingerprint density at radius 1 is 0.329 bits per heavy atom. The summed E-state index contributed by atoms with van der Waals surface area (Å²) in [5.41, 5.74) is 0.